The molecule has 2 rings (SSSR count). The second kappa shape index (κ2) is 11.9. The van der Waals surface area contributed by atoms with Gasteiger partial charge in [0.05, 0.1) is 12.2 Å². The van der Waals surface area contributed by atoms with E-state index in [2.05, 4.69) is 6.92 Å². The van der Waals surface area contributed by atoms with E-state index < -0.39 is 11.3 Å². The van der Waals surface area contributed by atoms with Gasteiger partial charge in [0.15, 0.2) is 5.78 Å². The number of hydrogen-bond acceptors (Lipinski definition) is 5. The summed E-state index contributed by atoms with van der Waals surface area (Å²) in [6, 6.07) is 8.63. The zero-order valence-corrected chi connectivity index (χ0v) is 18.7. The molecule has 0 saturated heterocycles. The second-order valence-corrected chi connectivity index (χ2v) is 7.74. The van der Waals surface area contributed by atoms with E-state index in [-0.39, 0.29) is 29.1 Å². The van der Waals surface area contributed by atoms with Gasteiger partial charge in [0.25, 0.3) is 5.56 Å². The Labute approximate surface area is 184 Å². The third-order valence-corrected chi connectivity index (χ3v) is 5.40. The van der Waals surface area contributed by atoms with Crippen LogP contribution in [0.15, 0.2) is 29.1 Å². The van der Waals surface area contributed by atoms with E-state index in [1.165, 1.54) is 19.8 Å². The summed E-state index contributed by atoms with van der Waals surface area (Å²) in [6.07, 6.45) is 6.97. The lowest BCUT2D eigenvalue weighted by molar-refractivity contribution is 0.103. The summed E-state index contributed by atoms with van der Waals surface area (Å²) >= 11 is 0. The summed E-state index contributed by atoms with van der Waals surface area (Å²) < 4.78 is 6.86. The first-order chi connectivity index (χ1) is 15.0. The number of ketones is 1. The number of benzene rings is 1. The van der Waals surface area contributed by atoms with Crippen LogP contribution in [-0.2, 0) is 6.54 Å². The van der Waals surface area contributed by atoms with E-state index in [0.29, 0.717) is 24.3 Å². The van der Waals surface area contributed by atoms with Crippen molar-refractivity contribution in [1.82, 2.24) is 4.57 Å². The molecule has 1 aromatic carbocycles. The van der Waals surface area contributed by atoms with Crippen LogP contribution >= 0.6 is 0 Å². The first-order valence-corrected chi connectivity index (χ1v) is 11.1. The molecule has 1 heterocycles. The fraction of sp³-hybridized carbons (Fsp3) is 0.480. The lowest BCUT2D eigenvalue weighted by Crippen LogP contribution is -2.27. The SMILES string of the molecule is CCCCCCOc1ccc(C(=O)c2c(C)c(C#N)c(=O)n(CCCCC)c2O)cc1. The number of hydrogen-bond donors (Lipinski definition) is 1. The Balaban J connectivity index is 2.29. The van der Waals surface area contributed by atoms with Crippen molar-refractivity contribution in [2.75, 3.05) is 6.61 Å². The molecule has 0 aliphatic carbocycles. The van der Waals surface area contributed by atoms with Crippen molar-refractivity contribution in [1.29, 1.82) is 5.26 Å². The molecule has 6 nitrogen and oxygen atoms in total. The van der Waals surface area contributed by atoms with Crippen LogP contribution in [0.3, 0.4) is 0 Å². The third-order valence-electron chi connectivity index (χ3n) is 5.40. The third kappa shape index (κ3) is 5.97. The molecule has 31 heavy (non-hydrogen) atoms. The van der Waals surface area contributed by atoms with Crippen molar-refractivity contribution < 1.29 is 14.6 Å². The zero-order chi connectivity index (χ0) is 22.8. The van der Waals surface area contributed by atoms with Crippen LogP contribution in [0.25, 0.3) is 0 Å². The van der Waals surface area contributed by atoms with Crippen molar-refractivity contribution >= 4 is 5.78 Å². The topological polar surface area (TPSA) is 92.3 Å². The number of pyridine rings is 1. The van der Waals surface area contributed by atoms with Crippen LogP contribution in [-0.4, -0.2) is 22.1 Å². The summed E-state index contributed by atoms with van der Waals surface area (Å²) in [7, 11) is 0. The number of carbonyl (C=O) groups excluding carboxylic acids is 1. The Morgan fingerprint density at radius 3 is 2.32 bits per heavy atom. The van der Waals surface area contributed by atoms with Crippen molar-refractivity contribution in [3.8, 4) is 17.7 Å². The van der Waals surface area contributed by atoms with Gasteiger partial charge in [-0.25, -0.2) is 0 Å². The Kier molecular flexibility index (Phi) is 9.33. The highest BCUT2D eigenvalue weighted by Gasteiger charge is 2.24. The van der Waals surface area contributed by atoms with Crippen LogP contribution in [0.2, 0.25) is 0 Å². The first-order valence-electron chi connectivity index (χ1n) is 11.1. The van der Waals surface area contributed by atoms with E-state index in [1.807, 2.05) is 13.0 Å². The van der Waals surface area contributed by atoms with Crippen LogP contribution in [0.1, 0.15) is 85.8 Å². The molecule has 0 aliphatic rings. The number of aromatic nitrogens is 1. The van der Waals surface area contributed by atoms with Crippen LogP contribution in [0.4, 0.5) is 0 Å². The standard InChI is InChI=1S/C25H32N2O4/c1-4-6-8-10-16-31-20-13-11-19(12-14-20)23(28)22-18(3)21(17-26)24(29)27(25(22)30)15-9-7-5-2/h11-14,30H,4-10,15-16H2,1-3H3. The minimum absolute atomic E-state index is 0.000817. The number of nitrogens with zero attached hydrogens (tertiary/aromatic N) is 2. The van der Waals surface area contributed by atoms with Crippen molar-refractivity contribution in [3.05, 3.63) is 56.9 Å². The van der Waals surface area contributed by atoms with Gasteiger partial charge in [0.1, 0.15) is 17.4 Å². The van der Waals surface area contributed by atoms with Gasteiger partial charge in [-0.15, -0.1) is 0 Å². The molecule has 2 aromatic rings. The summed E-state index contributed by atoms with van der Waals surface area (Å²) in [6.45, 7) is 6.61. The second-order valence-electron chi connectivity index (χ2n) is 7.74. The number of rotatable bonds is 12. The molecule has 0 amide bonds. The smallest absolute Gasteiger partial charge is 0.271 e. The molecule has 1 aromatic heterocycles. The maximum absolute atomic E-state index is 13.2. The molecule has 166 valence electrons. The van der Waals surface area contributed by atoms with Gasteiger partial charge >= 0.3 is 0 Å². The first kappa shape index (κ1) is 24.2. The molecule has 0 bridgehead atoms. The number of ether oxygens (including phenoxy) is 1. The highest BCUT2D eigenvalue weighted by Crippen LogP contribution is 2.26. The van der Waals surface area contributed by atoms with Gasteiger partial charge in [0, 0.05) is 12.1 Å². The van der Waals surface area contributed by atoms with Crippen molar-refractivity contribution in [3.63, 3.8) is 0 Å². The van der Waals surface area contributed by atoms with E-state index in [0.717, 1.165) is 30.3 Å². The monoisotopic (exact) mass is 424 g/mol. The Morgan fingerprint density at radius 2 is 1.71 bits per heavy atom. The molecule has 0 atom stereocenters. The lowest BCUT2D eigenvalue weighted by atomic mass is 9.97. The van der Waals surface area contributed by atoms with E-state index in [4.69, 9.17) is 4.74 Å². The molecule has 0 saturated carbocycles. The number of aromatic hydroxyl groups is 1. The largest absolute Gasteiger partial charge is 0.494 e. The van der Waals surface area contributed by atoms with Gasteiger partial charge in [-0.2, -0.15) is 5.26 Å². The maximum atomic E-state index is 13.2. The molecule has 0 unspecified atom stereocenters. The summed E-state index contributed by atoms with van der Waals surface area (Å²) in [5, 5.41) is 20.2. The summed E-state index contributed by atoms with van der Waals surface area (Å²) in [5.74, 6) is -0.125. The molecule has 1 N–H and O–H groups in total. The fourth-order valence-corrected chi connectivity index (χ4v) is 3.52. The highest BCUT2D eigenvalue weighted by molar-refractivity contribution is 6.11. The molecular weight excluding hydrogens is 392 g/mol. The van der Waals surface area contributed by atoms with Crippen LogP contribution < -0.4 is 10.3 Å². The van der Waals surface area contributed by atoms with Gasteiger partial charge in [-0.05, 0) is 49.6 Å². The number of unbranched alkanes of at least 4 members (excludes halogenated alkanes) is 5. The van der Waals surface area contributed by atoms with Gasteiger partial charge in [-0.3, -0.25) is 14.2 Å². The lowest BCUT2D eigenvalue weighted by Gasteiger charge is -2.15. The van der Waals surface area contributed by atoms with E-state index >= 15 is 0 Å². The Morgan fingerprint density at radius 1 is 1.06 bits per heavy atom. The van der Waals surface area contributed by atoms with Crippen molar-refractivity contribution in [2.45, 2.75) is 72.3 Å². The highest BCUT2D eigenvalue weighted by atomic mass is 16.5. The molecule has 0 fully saturated rings. The molecule has 0 radical (unpaired) electrons. The Hall–Kier alpha value is -3.07. The zero-order valence-electron chi connectivity index (χ0n) is 18.7. The average Bonchev–Trinajstić information content (AvgIpc) is 2.76. The van der Waals surface area contributed by atoms with Crippen molar-refractivity contribution in [2.24, 2.45) is 0 Å². The molecule has 0 aliphatic heterocycles. The minimum atomic E-state index is -0.558. The maximum Gasteiger partial charge on any atom is 0.271 e. The van der Waals surface area contributed by atoms with Gasteiger partial charge in [0.2, 0.25) is 5.88 Å². The van der Waals surface area contributed by atoms with E-state index in [1.54, 1.807) is 24.3 Å². The fourth-order valence-electron chi connectivity index (χ4n) is 3.52. The normalized spacial score (nSPS) is 10.6. The van der Waals surface area contributed by atoms with Gasteiger partial charge in [-0.1, -0.05) is 46.0 Å². The van der Waals surface area contributed by atoms with Gasteiger partial charge < -0.3 is 9.84 Å². The Bertz CT molecular complexity index is 985. The predicted octanol–water partition coefficient (Wildman–Crippen LogP) is 5.11. The van der Waals surface area contributed by atoms with Crippen LogP contribution in [0.5, 0.6) is 11.6 Å². The number of nitriles is 1. The minimum Gasteiger partial charge on any atom is -0.494 e. The molecular formula is C25H32N2O4. The quantitative estimate of drug-likeness (QED) is 0.377. The summed E-state index contributed by atoms with van der Waals surface area (Å²) in [4.78, 5) is 25.8. The average molecular weight is 425 g/mol. The molecule has 6 heteroatoms. The van der Waals surface area contributed by atoms with E-state index in [9.17, 15) is 20.0 Å². The summed E-state index contributed by atoms with van der Waals surface area (Å²) in [5.41, 5.74) is -0.0973. The number of carbonyl (C=O) groups is 1. The molecule has 0 spiro atoms. The van der Waals surface area contributed by atoms with Crippen LogP contribution in [0, 0.1) is 18.3 Å². The predicted molar refractivity (Wildman–Crippen MR) is 121 cm³/mol.